The Hall–Kier alpha value is -1.20. The lowest BCUT2D eigenvalue weighted by Gasteiger charge is -2.28. The number of aliphatic hydroxyl groups excluding tert-OH is 1. The molecule has 0 saturated heterocycles. The standard InChI is InChI=1S/C12H12BrNO3/c13-6-9(15)7-14-11(16)5-8-3-1-2-4-10(8)12(14)17/h1-4,9,15H,5-7H2. The Morgan fingerprint density at radius 2 is 2.06 bits per heavy atom. The highest BCUT2D eigenvalue weighted by Crippen LogP contribution is 2.19. The van der Waals surface area contributed by atoms with Crippen molar-refractivity contribution in [3.8, 4) is 0 Å². The first-order chi connectivity index (χ1) is 8.13. The van der Waals surface area contributed by atoms with Gasteiger partial charge in [-0.05, 0) is 11.6 Å². The number of nitrogens with zero attached hydrogens (tertiary/aromatic N) is 1. The lowest BCUT2D eigenvalue weighted by Crippen LogP contribution is -2.46. The van der Waals surface area contributed by atoms with Gasteiger partial charge in [-0.2, -0.15) is 0 Å². The molecular weight excluding hydrogens is 286 g/mol. The summed E-state index contributed by atoms with van der Waals surface area (Å²) >= 11 is 3.11. The molecule has 0 spiro atoms. The maximum absolute atomic E-state index is 12.1. The third kappa shape index (κ3) is 2.40. The third-order valence-corrected chi connectivity index (χ3v) is 3.45. The highest BCUT2D eigenvalue weighted by molar-refractivity contribution is 9.09. The van der Waals surface area contributed by atoms with E-state index >= 15 is 0 Å². The van der Waals surface area contributed by atoms with Crippen LogP contribution in [0, 0.1) is 0 Å². The number of amides is 2. The SMILES string of the molecule is O=C1Cc2ccccc2C(=O)N1CC(O)CBr. The van der Waals surface area contributed by atoms with Crippen LogP contribution in [0.2, 0.25) is 0 Å². The number of imide groups is 1. The molecule has 0 aromatic heterocycles. The van der Waals surface area contributed by atoms with Crippen LogP contribution in [-0.2, 0) is 11.2 Å². The smallest absolute Gasteiger partial charge is 0.260 e. The van der Waals surface area contributed by atoms with Gasteiger partial charge in [-0.1, -0.05) is 34.1 Å². The van der Waals surface area contributed by atoms with E-state index in [2.05, 4.69) is 15.9 Å². The summed E-state index contributed by atoms with van der Waals surface area (Å²) < 4.78 is 0. The van der Waals surface area contributed by atoms with Gasteiger partial charge in [-0.15, -0.1) is 0 Å². The molecule has 0 fully saturated rings. The predicted molar refractivity (Wildman–Crippen MR) is 66.0 cm³/mol. The minimum Gasteiger partial charge on any atom is -0.390 e. The van der Waals surface area contributed by atoms with Gasteiger partial charge in [0.05, 0.1) is 19.1 Å². The number of benzene rings is 1. The number of carbonyl (C=O) groups is 2. The molecule has 90 valence electrons. The number of hydrogen-bond donors (Lipinski definition) is 1. The van der Waals surface area contributed by atoms with Crippen molar-refractivity contribution in [2.75, 3.05) is 11.9 Å². The van der Waals surface area contributed by atoms with Crippen LogP contribution < -0.4 is 0 Å². The maximum atomic E-state index is 12.1. The van der Waals surface area contributed by atoms with Gasteiger partial charge < -0.3 is 5.11 Å². The Morgan fingerprint density at radius 1 is 1.35 bits per heavy atom. The first kappa shape index (κ1) is 12.3. The van der Waals surface area contributed by atoms with Crippen LogP contribution >= 0.6 is 15.9 Å². The number of halogens is 1. The Morgan fingerprint density at radius 3 is 2.76 bits per heavy atom. The molecule has 1 aliphatic heterocycles. The number of alkyl halides is 1. The lowest BCUT2D eigenvalue weighted by atomic mass is 9.98. The van der Waals surface area contributed by atoms with Crippen molar-refractivity contribution in [1.82, 2.24) is 4.90 Å². The number of β-amino-alcohol motifs (C(OH)–C–C–N with tert-alkyl or cyclic N) is 1. The Kier molecular flexibility index (Phi) is 3.59. The van der Waals surface area contributed by atoms with E-state index in [4.69, 9.17) is 0 Å². The van der Waals surface area contributed by atoms with Gasteiger partial charge in [0.1, 0.15) is 0 Å². The third-order valence-electron chi connectivity index (χ3n) is 2.71. The highest BCUT2D eigenvalue weighted by atomic mass is 79.9. The van der Waals surface area contributed by atoms with Gasteiger partial charge in [0.15, 0.2) is 0 Å². The minimum absolute atomic E-state index is 0.0389. The molecular formula is C12H12BrNO3. The largest absolute Gasteiger partial charge is 0.390 e. The molecule has 0 radical (unpaired) electrons. The van der Waals surface area contributed by atoms with E-state index in [9.17, 15) is 14.7 Å². The number of rotatable bonds is 3. The molecule has 0 bridgehead atoms. The summed E-state index contributed by atoms with van der Waals surface area (Å²) in [7, 11) is 0. The van der Waals surface area contributed by atoms with Gasteiger partial charge in [0, 0.05) is 10.9 Å². The molecule has 1 N–H and O–H groups in total. The summed E-state index contributed by atoms with van der Waals surface area (Å²) in [5, 5.41) is 9.84. The van der Waals surface area contributed by atoms with Crippen molar-refractivity contribution in [2.24, 2.45) is 0 Å². The van der Waals surface area contributed by atoms with Crippen LogP contribution in [0.3, 0.4) is 0 Å². The van der Waals surface area contributed by atoms with Crippen molar-refractivity contribution in [3.63, 3.8) is 0 Å². The van der Waals surface area contributed by atoms with Crippen molar-refractivity contribution in [2.45, 2.75) is 12.5 Å². The van der Waals surface area contributed by atoms with Crippen molar-refractivity contribution in [3.05, 3.63) is 35.4 Å². The first-order valence-electron chi connectivity index (χ1n) is 5.30. The van der Waals surface area contributed by atoms with Gasteiger partial charge in [-0.25, -0.2) is 0 Å². The zero-order valence-corrected chi connectivity index (χ0v) is 10.7. The number of fused-ring (bicyclic) bond motifs is 1. The van der Waals surface area contributed by atoms with Crippen LogP contribution in [0.5, 0.6) is 0 Å². The van der Waals surface area contributed by atoms with Gasteiger partial charge in [0.25, 0.3) is 5.91 Å². The van der Waals surface area contributed by atoms with E-state index in [1.165, 1.54) is 0 Å². The summed E-state index contributed by atoms with van der Waals surface area (Å²) in [6, 6.07) is 7.06. The normalized spacial score (nSPS) is 16.9. The Bertz CT molecular complexity index is 461. The molecule has 2 amide bonds. The fraction of sp³-hybridized carbons (Fsp3) is 0.333. The fourth-order valence-corrected chi connectivity index (χ4v) is 2.05. The monoisotopic (exact) mass is 297 g/mol. The summed E-state index contributed by atoms with van der Waals surface area (Å²) in [6.07, 6.45) is -0.509. The molecule has 1 aliphatic rings. The Balaban J connectivity index is 2.27. The second-order valence-electron chi connectivity index (χ2n) is 3.95. The van der Waals surface area contributed by atoms with E-state index in [1.807, 2.05) is 6.07 Å². The molecule has 1 aromatic rings. The van der Waals surface area contributed by atoms with E-state index in [0.717, 1.165) is 10.5 Å². The van der Waals surface area contributed by atoms with Crippen LogP contribution in [0.15, 0.2) is 24.3 Å². The Labute approximate surface area is 107 Å². The molecule has 1 atom stereocenters. The molecule has 1 heterocycles. The summed E-state index contributed by atoms with van der Waals surface area (Å²) in [5.74, 6) is -0.578. The van der Waals surface area contributed by atoms with Crippen LogP contribution in [0.25, 0.3) is 0 Å². The quantitative estimate of drug-likeness (QED) is 0.668. The first-order valence-corrected chi connectivity index (χ1v) is 6.42. The van der Waals surface area contributed by atoms with Crippen molar-refractivity contribution < 1.29 is 14.7 Å². The number of carbonyl (C=O) groups excluding carboxylic acids is 2. The van der Waals surface area contributed by atoms with Crippen LogP contribution in [0.1, 0.15) is 15.9 Å². The second kappa shape index (κ2) is 4.98. The van der Waals surface area contributed by atoms with Crippen molar-refractivity contribution >= 4 is 27.7 Å². The number of aliphatic hydroxyl groups is 1. The molecule has 2 rings (SSSR count). The van der Waals surface area contributed by atoms with Crippen LogP contribution in [0.4, 0.5) is 0 Å². The van der Waals surface area contributed by atoms with Crippen LogP contribution in [-0.4, -0.2) is 39.8 Å². The highest BCUT2D eigenvalue weighted by Gasteiger charge is 2.31. The molecule has 0 saturated carbocycles. The van der Waals surface area contributed by atoms with Gasteiger partial charge in [-0.3, -0.25) is 14.5 Å². The molecule has 1 unspecified atom stereocenters. The van der Waals surface area contributed by atoms with Crippen molar-refractivity contribution in [1.29, 1.82) is 0 Å². The molecule has 5 heteroatoms. The molecule has 1 aromatic carbocycles. The lowest BCUT2D eigenvalue weighted by molar-refractivity contribution is -0.129. The van der Waals surface area contributed by atoms with Gasteiger partial charge in [0.2, 0.25) is 5.91 Å². The fourth-order valence-electron chi connectivity index (χ4n) is 1.84. The topological polar surface area (TPSA) is 57.6 Å². The summed E-state index contributed by atoms with van der Waals surface area (Å²) in [5.41, 5.74) is 1.31. The van der Waals surface area contributed by atoms with E-state index in [0.29, 0.717) is 10.9 Å². The zero-order chi connectivity index (χ0) is 12.4. The van der Waals surface area contributed by atoms with E-state index < -0.39 is 6.10 Å². The molecule has 17 heavy (non-hydrogen) atoms. The average Bonchev–Trinajstić information content (AvgIpc) is 2.34. The second-order valence-corrected chi connectivity index (χ2v) is 4.60. The predicted octanol–water partition coefficient (Wildman–Crippen LogP) is 0.967. The van der Waals surface area contributed by atoms with E-state index in [-0.39, 0.29) is 24.8 Å². The summed E-state index contributed by atoms with van der Waals surface area (Å²) in [6.45, 7) is 0.0389. The summed E-state index contributed by atoms with van der Waals surface area (Å²) in [4.78, 5) is 25.0. The molecule has 0 aliphatic carbocycles. The molecule has 4 nitrogen and oxygen atoms in total. The maximum Gasteiger partial charge on any atom is 0.260 e. The zero-order valence-electron chi connectivity index (χ0n) is 9.10. The average molecular weight is 298 g/mol. The minimum atomic E-state index is -0.729. The van der Waals surface area contributed by atoms with E-state index in [1.54, 1.807) is 18.2 Å². The number of hydrogen-bond acceptors (Lipinski definition) is 3. The van der Waals surface area contributed by atoms with Gasteiger partial charge >= 0.3 is 0 Å².